The summed E-state index contributed by atoms with van der Waals surface area (Å²) in [5, 5.41) is 7.81. The predicted octanol–water partition coefficient (Wildman–Crippen LogP) is 5.43. The van der Waals surface area contributed by atoms with Crippen LogP contribution < -0.4 is 14.8 Å². The molecule has 2 aromatic carbocycles. The summed E-state index contributed by atoms with van der Waals surface area (Å²) in [5.41, 5.74) is 3.34. The van der Waals surface area contributed by atoms with Crippen molar-refractivity contribution in [2.45, 2.75) is 5.92 Å². The van der Waals surface area contributed by atoms with Gasteiger partial charge in [0.2, 0.25) is 0 Å². The summed E-state index contributed by atoms with van der Waals surface area (Å²) < 4.78 is 11.4. The quantitative estimate of drug-likeness (QED) is 0.360. The van der Waals surface area contributed by atoms with Gasteiger partial charge in [-0.25, -0.2) is 9.97 Å². The van der Waals surface area contributed by atoms with Crippen LogP contribution in [0.25, 0.3) is 21.1 Å². The second-order valence-electron chi connectivity index (χ2n) is 7.17. The van der Waals surface area contributed by atoms with Crippen molar-refractivity contribution in [3.05, 3.63) is 77.6 Å². The number of hydrogen-bond acceptors (Lipinski definition) is 6. The number of H-pyrrole nitrogens is 1. The largest absolute Gasteiger partial charge is 0.493 e. The molecule has 2 N–H and O–H groups in total. The number of fused-ring (bicyclic) bond motifs is 2. The second-order valence-corrected chi connectivity index (χ2v) is 8.06. The average molecular weight is 431 g/mol. The minimum absolute atomic E-state index is 0.00449. The molecular weight excluding hydrogens is 408 g/mol. The summed E-state index contributed by atoms with van der Waals surface area (Å²) in [4.78, 5) is 13.2. The van der Waals surface area contributed by atoms with Crippen molar-refractivity contribution < 1.29 is 9.47 Å². The molecule has 1 atom stereocenters. The summed E-state index contributed by atoms with van der Waals surface area (Å²) in [6, 6.07) is 16.4. The third-order valence-electron chi connectivity index (χ3n) is 5.54. The number of para-hydroxylation sites is 2. The first-order chi connectivity index (χ1) is 15.3. The highest BCUT2D eigenvalue weighted by Crippen LogP contribution is 2.40. The average Bonchev–Trinajstić information content (AvgIpc) is 3.47. The fourth-order valence-corrected chi connectivity index (χ4v) is 4.82. The van der Waals surface area contributed by atoms with Gasteiger partial charge in [0.15, 0.2) is 11.5 Å². The van der Waals surface area contributed by atoms with Crippen LogP contribution in [0.1, 0.15) is 17.0 Å². The smallest absolute Gasteiger partial charge is 0.164 e. The van der Waals surface area contributed by atoms with Crippen molar-refractivity contribution >= 4 is 38.3 Å². The number of aromatic amines is 1. The summed E-state index contributed by atoms with van der Waals surface area (Å²) in [5.74, 6) is 2.29. The Labute approximate surface area is 183 Å². The van der Waals surface area contributed by atoms with E-state index in [1.54, 1.807) is 31.9 Å². The summed E-state index contributed by atoms with van der Waals surface area (Å²) in [6.07, 6.45) is 3.68. The molecule has 0 aliphatic heterocycles. The fourth-order valence-electron chi connectivity index (χ4n) is 4.09. The van der Waals surface area contributed by atoms with E-state index in [9.17, 15) is 0 Å². The number of benzene rings is 2. The van der Waals surface area contributed by atoms with Gasteiger partial charge >= 0.3 is 0 Å². The van der Waals surface area contributed by atoms with Crippen LogP contribution in [0, 0.1) is 0 Å². The first kappa shape index (κ1) is 19.4. The summed E-state index contributed by atoms with van der Waals surface area (Å²) >= 11 is 1.61. The lowest BCUT2D eigenvalue weighted by Crippen LogP contribution is -2.16. The lowest BCUT2D eigenvalue weighted by Gasteiger charge is -2.22. The maximum atomic E-state index is 5.78. The Kier molecular flexibility index (Phi) is 5.18. The molecule has 7 heteroatoms. The molecule has 0 bridgehead atoms. The number of aromatic nitrogens is 3. The normalized spacial score (nSPS) is 12.2. The van der Waals surface area contributed by atoms with E-state index in [2.05, 4.69) is 56.8 Å². The highest BCUT2D eigenvalue weighted by Gasteiger charge is 2.24. The van der Waals surface area contributed by atoms with Gasteiger partial charge in [0, 0.05) is 35.1 Å². The maximum Gasteiger partial charge on any atom is 0.164 e. The fraction of sp³-hybridized carbons (Fsp3) is 0.167. The predicted molar refractivity (Wildman–Crippen MR) is 126 cm³/mol. The number of ether oxygens (including phenoxy) is 2. The molecule has 3 heterocycles. The van der Waals surface area contributed by atoms with E-state index in [4.69, 9.17) is 9.47 Å². The molecule has 0 fully saturated rings. The molecule has 0 spiro atoms. The molecule has 5 rings (SSSR count). The van der Waals surface area contributed by atoms with Gasteiger partial charge in [-0.15, -0.1) is 11.3 Å². The molecule has 5 aromatic rings. The van der Waals surface area contributed by atoms with Crippen LogP contribution >= 0.6 is 11.3 Å². The third-order valence-corrected chi connectivity index (χ3v) is 6.36. The molecule has 0 aliphatic rings. The van der Waals surface area contributed by atoms with E-state index in [-0.39, 0.29) is 5.92 Å². The van der Waals surface area contributed by atoms with E-state index < -0.39 is 0 Å². The van der Waals surface area contributed by atoms with Gasteiger partial charge in [0.05, 0.1) is 19.6 Å². The monoisotopic (exact) mass is 430 g/mol. The Hall–Kier alpha value is -3.58. The number of rotatable bonds is 7. The molecule has 6 nitrogen and oxygen atoms in total. The Morgan fingerprint density at radius 1 is 0.968 bits per heavy atom. The van der Waals surface area contributed by atoms with Crippen LogP contribution in [0.2, 0.25) is 0 Å². The number of methoxy groups -OCH3 is 2. The molecule has 0 saturated heterocycles. The summed E-state index contributed by atoms with van der Waals surface area (Å²) in [7, 11) is 3.34. The van der Waals surface area contributed by atoms with Crippen LogP contribution in [0.3, 0.4) is 0 Å². The molecule has 3 aromatic heterocycles. The number of thiophene rings is 1. The van der Waals surface area contributed by atoms with Crippen molar-refractivity contribution in [2.75, 3.05) is 26.1 Å². The molecule has 0 amide bonds. The van der Waals surface area contributed by atoms with Crippen molar-refractivity contribution in [3.8, 4) is 11.5 Å². The maximum absolute atomic E-state index is 5.78. The SMILES string of the molecule is COc1cccc([C@@H](CNc2ncnc3sccc23)c2c[nH]c3ccccc23)c1OC. The number of nitrogens with zero attached hydrogens (tertiary/aromatic N) is 2. The molecule has 156 valence electrons. The van der Waals surface area contributed by atoms with Gasteiger partial charge in [-0.2, -0.15) is 0 Å². The Morgan fingerprint density at radius 3 is 2.74 bits per heavy atom. The zero-order chi connectivity index (χ0) is 21.2. The molecule has 0 saturated carbocycles. The Bertz CT molecular complexity index is 1340. The van der Waals surface area contributed by atoms with Gasteiger partial charge < -0.3 is 19.8 Å². The van der Waals surface area contributed by atoms with Gasteiger partial charge in [0.1, 0.15) is 17.0 Å². The number of hydrogen-bond donors (Lipinski definition) is 2. The zero-order valence-corrected chi connectivity index (χ0v) is 18.1. The van der Waals surface area contributed by atoms with Crippen LogP contribution in [0.4, 0.5) is 5.82 Å². The minimum atomic E-state index is 0.00449. The zero-order valence-electron chi connectivity index (χ0n) is 17.3. The van der Waals surface area contributed by atoms with E-state index >= 15 is 0 Å². The standard InChI is InChI=1S/C24H22N4O2S/c1-29-21-9-5-7-16(22(21)30-2)19(18-12-25-20-8-4-3-6-15(18)20)13-26-23-17-10-11-31-24(17)28-14-27-23/h3-12,14,19,25H,13H2,1-2H3,(H,26,27,28)/t19-/m1/s1. The minimum Gasteiger partial charge on any atom is -0.493 e. The van der Waals surface area contributed by atoms with Crippen LogP contribution in [-0.2, 0) is 0 Å². The first-order valence-electron chi connectivity index (χ1n) is 9.99. The molecule has 0 radical (unpaired) electrons. The molecule has 0 aliphatic carbocycles. The third kappa shape index (κ3) is 3.47. The highest BCUT2D eigenvalue weighted by atomic mass is 32.1. The number of nitrogens with one attached hydrogen (secondary N) is 2. The lowest BCUT2D eigenvalue weighted by molar-refractivity contribution is 0.350. The Balaban J connectivity index is 1.61. The van der Waals surface area contributed by atoms with E-state index in [0.29, 0.717) is 12.3 Å². The molecular formula is C24H22N4O2S. The van der Waals surface area contributed by atoms with Gasteiger partial charge in [-0.05, 0) is 29.1 Å². The van der Waals surface area contributed by atoms with Gasteiger partial charge in [-0.3, -0.25) is 0 Å². The van der Waals surface area contributed by atoms with Crippen molar-refractivity contribution in [1.29, 1.82) is 0 Å². The van der Waals surface area contributed by atoms with Gasteiger partial charge in [-0.1, -0.05) is 30.3 Å². The lowest BCUT2D eigenvalue weighted by atomic mass is 9.89. The Morgan fingerprint density at radius 2 is 1.87 bits per heavy atom. The van der Waals surface area contributed by atoms with Crippen LogP contribution in [-0.4, -0.2) is 35.7 Å². The number of anilines is 1. The first-order valence-corrected chi connectivity index (χ1v) is 10.9. The van der Waals surface area contributed by atoms with Crippen molar-refractivity contribution in [3.63, 3.8) is 0 Å². The van der Waals surface area contributed by atoms with E-state index in [0.717, 1.165) is 32.9 Å². The second kappa shape index (κ2) is 8.28. The summed E-state index contributed by atoms with van der Waals surface area (Å²) in [6.45, 7) is 0.632. The topological polar surface area (TPSA) is 72.1 Å². The van der Waals surface area contributed by atoms with Gasteiger partial charge in [0.25, 0.3) is 0 Å². The van der Waals surface area contributed by atoms with E-state index in [1.807, 2.05) is 23.6 Å². The molecule has 31 heavy (non-hydrogen) atoms. The van der Waals surface area contributed by atoms with Crippen LogP contribution in [0.15, 0.2) is 66.4 Å². The van der Waals surface area contributed by atoms with E-state index in [1.165, 1.54) is 10.9 Å². The van der Waals surface area contributed by atoms with Crippen molar-refractivity contribution in [2.24, 2.45) is 0 Å². The molecule has 0 unspecified atom stereocenters. The van der Waals surface area contributed by atoms with Crippen LogP contribution in [0.5, 0.6) is 11.5 Å². The highest BCUT2D eigenvalue weighted by molar-refractivity contribution is 7.16. The van der Waals surface area contributed by atoms with Crippen molar-refractivity contribution in [1.82, 2.24) is 15.0 Å².